The van der Waals surface area contributed by atoms with E-state index in [-0.39, 0.29) is 35.2 Å². The number of halogens is 2. The number of aliphatic hydroxyl groups is 1. The minimum Gasteiger partial charge on any atom is -0.493 e. The fourth-order valence-electron chi connectivity index (χ4n) is 6.13. The molecule has 0 unspecified atom stereocenters. The van der Waals surface area contributed by atoms with Crippen LogP contribution in [-0.4, -0.2) is 66.2 Å². The van der Waals surface area contributed by atoms with E-state index >= 15 is 0 Å². The van der Waals surface area contributed by atoms with E-state index in [0.29, 0.717) is 30.2 Å². The van der Waals surface area contributed by atoms with Gasteiger partial charge in [-0.15, -0.1) is 0 Å². The second-order valence-electron chi connectivity index (χ2n) is 11.5. The number of piperidine rings is 1. The Kier molecular flexibility index (Phi) is 7.82. The molecule has 7 heteroatoms. The number of benzene rings is 2. The lowest BCUT2D eigenvalue weighted by Crippen LogP contribution is -2.44. The summed E-state index contributed by atoms with van der Waals surface area (Å²) in [5.41, 5.74) is 0.952. The molecule has 1 amide bonds. The summed E-state index contributed by atoms with van der Waals surface area (Å²) in [6.07, 6.45) is 7.77. The smallest absolute Gasteiger partial charge is 0.254 e. The number of ether oxygens (including phenoxy) is 1. The van der Waals surface area contributed by atoms with Crippen LogP contribution in [0.5, 0.6) is 5.75 Å². The van der Waals surface area contributed by atoms with Crippen LogP contribution in [0.25, 0.3) is 11.1 Å². The summed E-state index contributed by atoms with van der Waals surface area (Å²) >= 11 is 0. The van der Waals surface area contributed by atoms with Gasteiger partial charge in [0.05, 0.1) is 19.3 Å². The van der Waals surface area contributed by atoms with Gasteiger partial charge >= 0.3 is 0 Å². The third kappa shape index (κ3) is 5.83. The molecule has 1 N–H and O–H groups in total. The largest absolute Gasteiger partial charge is 0.493 e. The number of nitrogens with zero attached hydrogens (tertiary/aromatic N) is 2. The lowest BCUT2D eigenvalue weighted by Gasteiger charge is -2.44. The van der Waals surface area contributed by atoms with Gasteiger partial charge in [-0.05, 0) is 87.2 Å². The number of amides is 1. The van der Waals surface area contributed by atoms with E-state index in [2.05, 4.69) is 11.8 Å². The lowest BCUT2D eigenvalue weighted by molar-refractivity contribution is 0.0564. The number of hydrogen-bond acceptors (Lipinski definition) is 4. The van der Waals surface area contributed by atoms with E-state index in [0.717, 1.165) is 44.8 Å². The highest BCUT2D eigenvalue weighted by atomic mass is 19.1. The molecule has 3 aliphatic rings. The predicted octanol–water partition coefficient (Wildman–Crippen LogP) is 5.51. The third-order valence-electron chi connectivity index (χ3n) is 8.65. The number of carbonyl (C=O) groups excluding carboxylic acids is 1. The molecular weight excluding hydrogens is 474 g/mol. The molecule has 5 rings (SSSR count). The monoisotopic (exact) mass is 512 g/mol. The molecule has 200 valence electrons. The van der Waals surface area contributed by atoms with Crippen molar-refractivity contribution < 1.29 is 23.4 Å². The standard InChI is InChI=1S/C30H38F2N2O3/c1-30(11-3-12-30)20-33-14-9-21(10-15-33)19-37-24-6-8-26(28(32)17-24)25-7-5-22(16-27(25)31)29(36)34-13-2-4-23(34)18-35/h5-8,16-17,21,23,35H,2-4,9-15,18-20H2,1H3/t23-/m1/s1. The van der Waals surface area contributed by atoms with E-state index in [9.17, 15) is 18.7 Å². The Morgan fingerprint density at radius 3 is 2.32 bits per heavy atom. The van der Waals surface area contributed by atoms with Crippen LogP contribution in [0, 0.1) is 23.0 Å². The summed E-state index contributed by atoms with van der Waals surface area (Å²) in [5, 5.41) is 9.48. The highest BCUT2D eigenvalue weighted by Gasteiger charge is 2.34. The van der Waals surface area contributed by atoms with E-state index in [1.807, 2.05) is 0 Å². The van der Waals surface area contributed by atoms with E-state index in [1.165, 1.54) is 50.1 Å². The van der Waals surface area contributed by atoms with Crippen LogP contribution >= 0.6 is 0 Å². The van der Waals surface area contributed by atoms with Crippen LogP contribution in [0.4, 0.5) is 8.78 Å². The molecule has 37 heavy (non-hydrogen) atoms. The second kappa shape index (κ2) is 11.1. The van der Waals surface area contributed by atoms with Crippen molar-refractivity contribution in [3.05, 3.63) is 53.6 Å². The molecule has 2 heterocycles. The van der Waals surface area contributed by atoms with Gasteiger partial charge in [-0.2, -0.15) is 0 Å². The number of hydrogen-bond donors (Lipinski definition) is 1. The van der Waals surface area contributed by atoms with E-state index < -0.39 is 11.6 Å². The number of rotatable bonds is 8. The Morgan fingerprint density at radius 1 is 1.00 bits per heavy atom. The van der Waals surface area contributed by atoms with Crippen molar-refractivity contribution in [3.63, 3.8) is 0 Å². The SMILES string of the molecule is CC1(CN2CCC(COc3ccc(-c4ccc(C(=O)N5CCC[C@@H]5CO)cc4F)c(F)c3)CC2)CCC1. The molecule has 5 nitrogen and oxygen atoms in total. The molecule has 0 radical (unpaired) electrons. The first-order valence-electron chi connectivity index (χ1n) is 13.7. The minimum atomic E-state index is -0.652. The summed E-state index contributed by atoms with van der Waals surface area (Å²) in [7, 11) is 0. The molecule has 0 aromatic heterocycles. The van der Waals surface area contributed by atoms with Crippen molar-refractivity contribution in [1.29, 1.82) is 0 Å². The molecule has 1 atom stereocenters. The molecule has 2 saturated heterocycles. The van der Waals surface area contributed by atoms with Gasteiger partial charge in [0.25, 0.3) is 5.91 Å². The van der Waals surface area contributed by atoms with Gasteiger partial charge in [-0.1, -0.05) is 19.4 Å². The molecule has 0 spiro atoms. The first-order valence-corrected chi connectivity index (χ1v) is 13.7. The van der Waals surface area contributed by atoms with Crippen LogP contribution in [0.15, 0.2) is 36.4 Å². The second-order valence-corrected chi connectivity index (χ2v) is 11.5. The molecule has 2 aromatic carbocycles. The molecule has 2 aromatic rings. The maximum Gasteiger partial charge on any atom is 0.254 e. The van der Waals surface area contributed by atoms with E-state index in [4.69, 9.17) is 4.74 Å². The summed E-state index contributed by atoms with van der Waals surface area (Å²) in [5.74, 6) is -0.618. The molecule has 1 aliphatic carbocycles. The van der Waals surface area contributed by atoms with Gasteiger partial charge in [0.1, 0.15) is 17.4 Å². The average molecular weight is 513 g/mol. The van der Waals surface area contributed by atoms with Gasteiger partial charge < -0.3 is 19.6 Å². The van der Waals surface area contributed by atoms with Crippen molar-refractivity contribution in [2.24, 2.45) is 11.3 Å². The van der Waals surface area contributed by atoms with Crippen molar-refractivity contribution >= 4 is 5.91 Å². The van der Waals surface area contributed by atoms with Gasteiger partial charge in [0, 0.05) is 35.8 Å². The molecule has 0 bridgehead atoms. The predicted molar refractivity (Wildman–Crippen MR) is 140 cm³/mol. The number of likely N-dealkylation sites (tertiary alicyclic amines) is 2. The first kappa shape index (κ1) is 26.1. The zero-order valence-corrected chi connectivity index (χ0v) is 21.7. The van der Waals surface area contributed by atoms with Crippen molar-refractivity contribution in [2.75, 3.05) is 39.4 Å². The number of aliphatic hydroxyl groups excluding tert-OH is 1. The van der Waals surface area contributed by atoms with Crippen molar-refractivity contribution in [1.82, 2.24) is 9.80 Å². The Balaban J connectivity index is 1.17. The van der Waals surface area contributed by atoms with Crippen molar-refractivity contribution in [3.8, 4) is 16.9 Å². The molecule has 3 fully saturated rings. The Labute approximate surface area is 218 Å². The average Bonchev–Trinajstić information content (AvgIpc) is 3.36. The zero-order valence-electron chi connectivity index (χ0n) is 21.7. The van der Waals surface area contributed by atoms with Crippen LogP contribution in [0.2, 0.25) is 0 Å². The highest BCUT2D eigenvalue weighted by molar-refractivity contribution is 5.95. The van der Waals surface area contributed by atoms with Crippen LogP contribution in [0.1, 0.15) is 62.2 Å². The maximum absolute atomic E-state index is 15.0. The van der Waals surface area contributed by atoms with Crippen molar-refractivity contribution in [2.45, 2.75) is 57.9 Å². The van der Waals surface area contributed by atoms with Crippen LogP contribution in [0.3, 0.4) is 0 Å². The summed E-state index contributed by atoms with van der Waals surface area (Å²) in [6.45, 7) is 6.76. The van der Waals surface area contributed by atoms with Gasteiger partial charge in [0.15, 0.2) is 0 Å². The van der Waals surface area contributed by atoms with Crippen LogP contribution < -0.4 is 4.74 Å². The first-order chi connectivity index (χ1) is 17.8. The van der Waals surface area contributed by atoms with Gasteiger partial charge in [-0.3, -0.25) is 4.79 Å². The summed E-state index contributed by atoms with van der Waals surface area (Å²) in [6, 6.07) is 8.43. The van der Waals surface area contributed by atoms with Gasteiger partial charge in [0.2, 0.25) is 0 Å². The third-order valence-corrected chi connectivity index (χ3v) is 8.65. The summed E-state index contributed by atoms with van der Waals surface area (Å²) < 4.78 is 35.9. The topological polar surface area (TPSA) is 53.0 Å². The molecular formula is C30H38F2N2O3. The van der Waals surface area contributed by atoms with Gasteiger partial charge in [-0.25, -0.2) is 8.78 Å². The minimum absolute atomic E-state index is 0.105. The summed E-state index contributed by atoms with van der Waals surface area (Å²) in [4.78, 5) is 16.9. The quantitative estimate of drug-likeness (QED) is 0.507. The molecule has 1 saturated carbocycles. The Bertz CT molecular complexity index is 1110. The Morgan fingerprint density at radius 2 is 1.70 bits per heavy atom. The number of carbonyl (C=O) groups is 1. The fourth-order valence-corrected chi connectivity index (χ4v) is 6.13. The zero-order chi connectivity index (χ0) is 26.0. The van der Waals surface area contributed by atoms with E-state index in [1.54, 1.807) is 11.0 Å². The highest BCUT2D eigenvalue weighted by Crippen LogP contribution is 2.41. The van der Waals surface area contributed by atoms with Crippen LogP contribution in [-0.2, 0) is 0 Å². The fraction of sp³-hybridized carbons (Fsp3) is 0.567. The Hall–Kier alpha value is -2.51. The lowest BCUT2D eigenvalue weighted by atomic mass is 9.70. The normalized spacial score (nSPS) is 22.2. The molecule has 2 aliphatic heterocycles. The maximum atomic E-state index is 15.0.